The Morgan fingerprint density at radius 2 is 2.05 bits per heavy atom. The average Bonchev–Trinajstić information content (AvgIpc) is 2.71. The molecule has 0 saturated carbocycles. The van der Waals surface area contributed by atoms with Crippen LogP contribution in [0.3, 0.4) is 0 Å². The van der Waals surface area contributed by atoms with Crippen LogP contribution in [0.15, 0.2) is 18.2 Å². The number of nitrogens with one attached hydrogen (secondary N) is 1. The molecular formula is C15H18N2O3. The molecule has 2 aliphatic rings. The van der Waals surface area contributed by atoms with Gasteiger partial charge >= 0.3 is 0 Å². The van der Waals surface area contributed by atoms with Gasteiger partial charge in [0.05, 0.1) is 0 Å². The number of carbonyl (C=O) groups is 2. The predicted octanol–water partition coefficient (Wildman–Crippen LogP) is 1.29. The first kappa shape index (κ1) is 13.0. The fraction of sp³-hybridized carbons (Fsp3) is 0.467. The summed E-state index contributed by atoms with van der Waals surface area (Å²) >= 11 is 0. The van der Waals surface area contributed by atoms with Crippen molar-refractivity contribution in [2.75, 3.05) is 0 Å². The zero-order valence-electron chi connectivity index (χ0n) is 11.3. The molecule has 1 aromatic rings. The number of rotatable bonds is 1. The van der Waals surface area contributed by atoms with Crippen molar-refractivity contribution in [2.45, 2.75) is 44.8 Å². The van der Waals surface area contributed by atoms with Crippen LogP contribution in [-0.4, -0.2) is 27.9 Å². The molecule has 3 rings (SSSR count). The molecule has 1 atom stereocenters. The lowest BCUT2D eigenvalue weighted by Crippen LogP contribution is -2.45. The quantitative estimate of drug-likeness (QED) is 0.811. The Kier molecular flexibility index (Phi) is 3.34. The van der Waals surface area contributed by atoms with E-state index in [4.69, 9.17) is 0 Å². The highest BCUT2D eigenvalue weighted by Crippen LogP contribution is 2.27. The molecule has 0 bridgehead atoms. The van der Waals surface area contributed by atoms with E-state index in [-0.39, 0.29) is 17.6 Å². The Morgan fingerprint density at radius 1 is 1.25 bits per heavy atom. The Morgan fingerprint density at radius 3 is 2.90 bits per heavy atom. The van der Waals surface area contributed by atoms with Gasteiger partial charge in [0.1, 0.15) is 11.8 Å². The number of hydrogen-bond acceptors (Lipinski definition) is 3. The summed E-state index contributed by atoms with van der Waals surface area (Å²) in [5, 5.41) is 12.3. The Labute approximate surface area is 117 Å². The largest absolute Gasteiger partial charge is 0.508 e. The van der Waals surface area contributed by atoms with Crippen LogP contribution in [0.2, 0.25) is 0 Å². The summed E-state index contributed by atoms with van der Waals surface area (Å²) in [5.41, 5.74) is 2.05. The van der Waals surface area contributed by atoms with Crippen LogP contribution in [0.1, 0.15) is 36.8 Å². The fourth-order valence-corrected chi connectivity index (χ4v) is 2.92. The van der Waals surface area contributed by atoms with Gasteiger partial charge in [0.25, 0.3) is 0 Å². The van der Waals surface area contributed by atoms with Crippen LogP contribution in [-0.2, 0) is 22.7 Å². The maximum atomic E-state index is 12.5. The van der Waals surface area contributed by atoms with E-state index in [0.29, 0.717) is 25.9 Å². The third-order valence-electron chi connectivity index (χ3n) is 4.00. The third-order valence-corrected chi connectivity index (χ3v) is 4.00. The Bertz CT molecular complexity index is 556. The highest BCUT2D eigenvalue weighted by Gasteiger charge is 2.30. The van der Waals surface area contributed by atoms with Gasteiger partial charge < -0.3 is 15.3 Å². The minimum absolute atomic E-state index is 0.0176. The molecule has 1 fully saturated rings. The monoisotopic (exact) mass is 274 g/mol. The van der Waals surface area contributed by atoms with Gasteiger partial charge in [0.2, 0.25) is 11.8 Å². The standard InChI is InChI=1S/C15H18N2O3/c18-12-6-5-10-8-17(9-11(10)7-12)15(20)13-3-1-2-4-14(19)16-13/h5-7,13,18H,1-4,8-9H2,(H,16,19). The van der Waals surface area contributed by atoms with Crippen LogP contribution < -0.4 is 5.32 Å². The maximum Gasteiger partial charge on any atom is 0.245 e. The van der Waals surface area contributed by atoms with E-state index in [9.17, 15) is 14.7 Å². The summed E-state index contributed by atoms with van der Waals surface area (Å²) in [6.45, 7) is 1.07. The highest BCUT2D eigenvalue weighted by atomic mass is 16.3. The molecular weight excluding hydrogens is 256 g/mol. The van der Waals surface area contributed by atoms with Crippen molar-refractivity contribution in [3.8, 4) is 5.75 Å². The molecule has 5 heteroatoms. The second kappa shape index (κ2) is 5.15. The molecule has 2 N–H and O–H groups in total. The Hall–Kier alpha value is -2.04. The lowest BCUT2D eigenvalue weighted by Gasteiger charge is -2.22. The SMILES string of the molecule is O=C1CCCCC(C(=O)N2Cc3ccc(O)cc3C2)N1. The van der Waals surface area contributed by atoms with Crippen molar-refractivity contribution in [1.29, 1.82) is 0 Å². The first-order valence-corrected chi connectivity index (χ1v) is 7.02. The van der Waals surface area contributed by atoms with Gasteiger partial charge in [-0.2, -0.15) is 0 Å². The second-order valence-corrected chi connectivity index (χ2v) is 5.51. The van der Waals surface area contributed by atoms with Gasteiger partial charge in [0, 0.05) is 19.5 Å². The molecule has 1 saturated heterocycles. The fourth-order valence-electron chi connectivity index (χ4n) is 2.92. The number of benzene rings is 1. The summed E-state index contributed by atoms with van der Waals surface area (Å²) in [5.74, 6) is 0.173. The van der Waals surface area contributed by atoms with Crippen molar-refractivity contribution in [3.05, 3.63) is 29.3 Å². The predicted molar refractivity (Wildman–Crippen MR) is 72.8 cm³/mol. The number of aromatic hydroxyl groups is 1. The van der Waals surface area contributed by atoms with E-state index < -0.39 is 6.04 Å². The van der Waals surface area contributed by atoms with Crippen molar-refractivity contribution < 1.29 is 14.7 Å². The second-order valence-electron chi connectivity index (χ2n) is 5.51. The number of phenols is 1. The molecule has 1 unspecified atom stereocenters. The number of amides is 2. The van der Waals surface area contributed by atoms with E-state index in [2.05, 4.69) is 5.32 Å². The van der Waals surface area contributed by atoms with Crippen LogP contribution in [0, 0.1) is 0 Å². The number of fused-ring (bicyclic) bond motifs is 1. The van der Waals surface area contributed by atoms with Gasteiger partial charge in [-0.25, -0.2) is 0 Å². The van der Waals surface area contributed by atoms with Gasteiger partial charge in [-0.3, -0.25) is 9.59 Å². The lowest BCUT2D eigenvalue weighted by molar-refractivity contribution is -0.136. The smallest absolute Gasteiger partial charge is 0.245 e. The molecule has 1 aromatic carbocycles. The summed E-state index contributed by atoms with van der Waals surface area (Å²) in [4.78, 5) is 25.8. The first-order valence-electron chi connectivity index (χ1n) is 7.02. The minimum atomic E-state index is -0.395. The molecule has 0 radical (unpaired) electrons. The minimum Gasteiger partial charge on any atom is -0.508 e. The summed E-state index contributed by atoms with van der Waals surface area (Å²) in [7, 11) is 0. The molecule has 0 aliphatic carbocycles. The summed E-state index contributed by atoms with van der Waals surface area (Å²) in [6.07, 6.45) is 2.97. The molecule has 5 nitrogen and oxygen atoms in total. The van der Waals surface area contributed by atoms with Crippen molar-refractivity contribution in [2.24, 2.45) is 0 Å². The lowest BCUT2D eigenvalue weighted by atomic mass is 10.1. The number of hydrogen-bond donors (Lipinski definition) is 2. The zero-order valence-corrected chi connectivity index (χ0v) is 11.3. The maximum absolute atomic E-state index is 12.5. The average molecular weight is 274 g/mol. The van der Waals surface area contributed by atoms with E-state index in [1.807, 2.05) is 6.07 Å². The molecule has 2 aliphatic heterocycles. The van der Waals surface area contributed by atoms with E-state index >= 15 is 0 Å². The van der Waals surface area contributed by atoms with E-state index in [0.717, 1.165) is 24.0 Å². The zero-order chi connectivity index (χ0) is 14.1. The van der Waals surface area contributed by atoms with Crippen LogP contribution in [0.25, 0.3) is 0 Å². The molecule has 20 heavy (non-hydrogen) atoms. The topological polar surface area (TPSA) is 69.6 Å². The van der Waals surface area contributed by atoms with Crippen LogP contribution in [0.4, 0.5) is 0 Å². The highest BCUT2D eigenvalue weighted by molar-refractivity contribution is 5.88. The van der Waals surface area contributed by atoms with E-state index in [1.165, 1.54) is 0 Å². The van der Waals surface area contributed by atoms with Gasteiger partial charge in [0.15, 0.2) is 0 Å². The van der Waals surface area contributed by atoms with Gasteiger partial charge in [-0.1, -0.05) is 12.5 Å². The normalized spacial score (nSPS) is 22.1. The van der Waals surface area contributed by atoms with Crippen LogP contribution >= 0.6 is 0 Å². The van der Waals surface area contributed by atoms with Crippen LogP contribution in [0.5, 0.6) is 5.75 Å². The Balaban J connectivity index is 1.71. The van der Waals surface area contributed by atoms with E-state index in [1.54, 1.807) is 17.0 Å². The summed E-state index contributed by atoms with van der Waals surface area (Å²) < 4.78 is 0. The van der Waals surface area contributed by atoms with Crippen molar-refractivity contribution in [3.63, 3.8) is 0 Å². The summed E-state index contributed by atoms with van der Waals surface area (Å²) in [6, 6.07) is 4.80. The molecule has 2 amide bonds. The number of phenolic OH excluding ortho intramolecular Hbond substituents is 1. The van der Waals surface area contributed by atoms with Crippen molar-refractivity contribution in [1.82, 2.24) is 10.2 Å². The molecule has 106 valence electrons. The molecule has 0 aromatic heterocycles. The molecule has 0 spiro atoms. The molecule has 2 heterocycles. The first-order chi connectivity index (χ1) is 9.63. The number of carbonyl (C=O) groups excluding carboxylic acids is 2. The van der Waals surface area contributed by atoms with Gasteiger partial charge in [-0.15, -0.1) is 0 Å². The number of nitrogens with zero attached hydrogens (tertiary/aromatic N) is 1. The van der Waals surface area contributed by atoms with Gasteiger partial charge in [-0.05, 0) is 36.1 Å². The third kappa shape index (κ3) is 2.48. The van der Waals surface area contributed by atoms with Crippen molar-refractivity contribution >= 4 is 11.8 Å².